The fraction of sp³-hybridized carbons (Fsp3) is 0.667. The predicted octanol–water partition coefficient (Wildman–Crippen LogP) is 2.18. The summed E-state index contributed by atoms with van der Waals surface area (Å²) in [4.78, 5) is 22.5. The fourth-order valence-corrected chi connectivity index (χ4v) is 1.20. The molecule has 0 saturated carbocycles. The molecule has 1 amide bonds. The van der Waals surface area contributed by atoms with E-state index < -0.39 is 17.6 Å². The summed E-state index contributed by atoms with van der Waals surface area (Å²) in [5.74, 6) is -0.687. The number of hydrogen-bond acceptors (Lipinski definition) is 3. The summed E-state index contributed by atoms with van der Waals surface area (Å²) in [6.07, 6.45) is 1.76. The summed E-state index contributed by atoms with van der Waals surface area (Å²) in [6, 6.07) is 0. The van der Waals surface area contributed by atoms with Crippen molar-refractivity contribution in [3.8, 4) is 0 Å². The lowest BCUT2D eigenvalue weighted by molar-refractivity contribution is -0.144. The molecule has 1 atom stereocenters. The van der Waals surface area contributed by atoms with Gasteiger partial charge in [0.05, 0.1) is 0 Å². The van der Waals surface area contributed by atoms with Crippen LogP contribution in [0, 0.1) is 5.92 Å². The van der Waals surface area contributed by atoms with Crippen molar-refractivity contribution >= 4 is 12.1 Å². The van der Waals surface area contributed by atoms with Crippen LogP contribution in [0.15, 0.2) is 12.7 Å². The fourth-order valence-electron chi connectivity index (χ4n) is 1.20. The molecule has 98 valence electrons. The molecule has 17 heavy (non-hydrogen) atoms. The van der Waals surface area contributed by atoms with Crippen molar-refractivity contribution in [3.63, 3.8) is 0 Å². The second-order valence-corrected chi connectivity index (χ2v) is 4.58. The summed E-state index contributed by atoms with van der Waals surface area (Å²) < 4.78 is 4.71. The molecule has 0 aromatic heterocycles. The number of nitrogens with one attached hydrogen (secondary N) is 1. The van der Waals surface area contributed by atoms with Crippen molar-refractivity contribution in [2.24, 2.45) is 5.92 Å². The topological polar surface area (TPSA) is 75.6 Å². The number of aliphatic carboxylic acids is 1. The van der Waals surface area contributed by atoms with Gasteiger partial charge in [0.15, 0.2) is 0 Å². The van der Waals surface area contributed by atoms with Crippen LogP contribution in [0.2, 0.25) is 0 Å². The summed E-state index contributed by atoms with van der Waals surface area (Å²) >= 11 is 0. The molecule has 0 bridgehead atoms. The second kappa shape index (κ2) is 6.93. The van der Waals surface area contributed by atoms with Crippen molar-refractivity contribution in [3.05, 3.63) is 12.7 Å². The van der Waals surface area contributed by atoms with Gasteiger partial charge >= 0.3 is 12.1 Å². The maximum Gasteiger partial charge on any atom is 0.408 e. The first-order valence-corrected chi connectivity index (χ1v) is 5.61. The Morgan fingerprint density at radius 2 is 2.12 bits per heavy atom. The van der Waals surface area contributed by atoms with Gasteiger partial charge in [-0.25, -0.2) is 9.59 Å². The minimum Gasteiger partial charge on any atom is -0.480 e. The Morgan fingerprint density at radius 1 is 1.53 bits per heavy atom. The van der Waals surface area contributed by atoms with Crippen LogP contribution >= 0.6 is 0 Å². The largest absolute Gasteiger partial charge is 0.480 e. The highest BCUT2D eigenvalue weighted by atomic mass is 16.5. The zero-order valence-corrected chi connectivity index (χ0v) is 10.7. The molecule has 0 fully saturated rings. The molecule has 5 nitrogen and oxygen atoms in total. The summed E-state index contributed by atoms with van der Waals surface area (Å²) in [5.41, 5.74) is -1.29. The number of rotatable bonds is 7. The first kappa shape index (κ1) is 15.5. The van der Waals surface area contributed by atoms with Crippen molar-refractivity contribution in [2.45, 2.75) is 39.2 Å². The van der Waals surface area contributed by atoms with Crippen molar-refractivity contribution in [1.82, 2.24) is 5.32 Å². The van der Waals surface area contributed by atoms with E-state index >= 15 is 0 Å². The SMILES string of the molecule is C=CCOC(=O)NC(C)(CCC(C)C)C(=O)O. The van der Waals surface area contributed by atoms with E-state index in [0.29, 0.717) is 18.8 Å². The number of alkyl carbamates (subject to hydrolysis) is 1. The lowest BCUT2D eigenvalue weighted by Crippen LogP contribution is -2.52. The molecule has 5 heteroatoms. The Labute approximate surface area is 102 Å². The van der Waals surface area contributed by atoms with Crippen LogP contribution in [0.3, 0.4) is 0 Å². The molecule has 0 aliphatic rings. The normalized spacial score (nSPS) is 13.9. The van der Waals surface area contributed by atoms with Crippen molar-refractivity contribution in [1.29, 1.82) is 0 Å². The highest BCUT2D eigenvalue weighted by Crippen LogP contribution is 2.17. The lowest BCUT2D eigenvalue weighted by atomic mass is 9.92. The first-order chi connectivity index (χ1) is 7.81. The second-order valence-electron chi connectivity index (χ2n) is 4.58. The molecule has 0 aromatic rings. The third-order valence-electron chi connectivity index (χ3n) is 2.40. The monoisotopic (exact) mass is 243 g/mol. The van der Waals surface area contributed by atoms with Crippen LogP contribution in [-0.4, -0.2) is 29.3 Å². The maximum atomic E-state index is 11.3. The average Bonchev–Trinajstić information content (AvgIpc) is 2.23. The van der Waals surface area contributed by atoms with Gasteiger partial charge in [-0.15, -0.1) is 0 Å². The molecule has 0 radical (unpaired) electrons. The molecule has 0 heterocycles. The Hall–Kier alpha value is -1.52. The highest BCUT2D eigenvalue weighted by Gasteiger charge is 2.35. The molecule has 0 spiro atoms. The van der Waals surface area contributed by atoms with E-state index in [0.717, 1.165) is 0 Å². The molecule has 0 aliphatic carbocycles. The average molecular weight is 243 g/mol. The standard InChI is InChI=1S/C12H21NO4/c1-5-8-17-11(16)13-12(4,10(14)15)7-6-9(2)3/h5,9H,1,6-8H2,2-4H3,(H,13,16)(H,14,15). The maximum absolute atomic E-state index is 11.3. The van der Waals surface area contributed by atoms with E-state index in [4.69, 9.17) is 9.84 Å². The van der Waals surface area contributed by atoms with E-state index in [1.54, 1.807) is 0 Å². The van der Waals surface area contributed by atoms with E-state index in [1.807, 2.05) is 13.8 Å². The van der Waals surface area contributed by atoms with Crippen LogP contribution in [-0.2, 0) is 9.53 Å². The van der Waals surface area contributed by atoms with Crippen LogP contribution < -0.4 is 5.32 Å². The zero-order chi connectivity index (χ0) is 13.5. The van der Waals surface area contributed by atoms with Gasteiger partial charge in [0.2, 0.25) is 0 Å². The van der Waals surface area contributed by atoms with Gasteiger partial charge in [0.25, 0.3) is 0 Å². The smallest absolute Gasteiger partial charge is 0.408 e. The number of hydrogen-bond donors (Lipinski definition) is 2. The predicted molar refractivity (Wildman–Crippen MR) is 64.8 cm³/mol. The molecule has 0 saturated heterocycles. The van der Waals surface area contributed by atoms with Crippen LogP contribution in [0.1, 0.15) is 33.6 Å². The van der Waals surface area contributed by atoms with Crippen LogP contribution in [0.5, 0.6) is 0 Å². The number of ether oxygens (including phenoxy) is 1. The number of carboxylic acids is 1. The van der Waals surface area contributed by atoms with Crippen molar-refractivity contribution in [2.75, 3.05) is 6.61 Å². The van der Waals surface area contributed by atoms with Gasteiger partial charge < -0.3 is 15.2 Å². The van der Waals surface area contributed by atoms with Crippen LogP contribution in [0.4, 0.5) is 4.79 Å². The molecule has 0 aromatic carbocycles. The minimum absolute atomic E-state index is 0.0612. The molecule has 2 N–H and O–H groups in total. The Bertz CT molecular complexity index is 288. The quantitative estimate of drug-likeness (QED) is 0.672. The number of carbonyl (C=O) groups is 2. The third-order valence-corrected chi connectivity index (χ3v) is 2.40. The summed E-state index contributed by atoms with van der Waals surface area (Å²) in [7, 11) is 0. The van der Waals surface area contributed by atoms with Gasteiger partial charge in [-0.05, 0) is 25.7 Å². The van der Waals surface area contributed by atoms with Gasteiger partial charge in [-0.2, -0.15) is 0 Å². The Morgan fingerprint density at radius 3 is 2.53 bits per heavy atom. The minimum atomic E-state index is -1.29. The number of carbonyl (C=O) groups excluding carboxylic acids is 1. The van der Waals surface area contributed by atoms with Gasteiger partial charge in [0.1, 0.15) is 12.1 Å². The molecule has 1 unspecified atom stereocenters. The van der Waals surface area contributed by atoms with Gasteiger partial charge in [-0.1, -0.05) is 26.5 Å². The zero-order valence-electron chi connectivity index (χ0n) is 10.7. The highest BCUT2D eigenvalue weighted by molar-refractivity contribution is 5.83. The molecular weight excluding hydrogens is 222 g/mol. The summed E-state index contributed by atoms with van der Waals surface area (Å²) in [5, 5.41) is 11.5. The summed E-state index contributed by atoms with van der Waals surface area (Å²) in [6.45, 7) is 8.94. The van der Waals surface area contributed by atoms with E-state index in [2.05, 4.69) is 11.9 Å². The van der Waals surface area contributed by atoms with Crippen molar-refractivity contribution < 1.29 is 19.4 Å². The van der Waals surface area contributed by atoms with Gasteiger partial charge in [0, 0.05) is 0 Å². The lowest BCUT2D eigenvalue weighted by Gasteiger charge is -2.26. The third kappa shape index (κ3) is 5.94. The van der Waals surface area contributed by atoms with E-state index in [1.165, 1.54) is 13.0 Å². The van der Waals surface area contributed by atoms with E-state index in [9.17, 15) is 9.59 Å². The molecular formula is C12H21NO4. The Kier molecular flexibility index (Phi) is 6.31. The first-order valence-electron chi connectivity index (χ1n) is 5.61. The number of amides is 1. The molecule has 0 rings (SSSR count). The van der Waals surface area contributed by atoms with E-state index in [-0.39, 0.29) is 6.61 Å². The molecule has 0 aliphatic heterocycles. The van der Waals surface area contributed by atoms with Crippen LogP contribution in [0.25, 0.3) is 0 Å². The van der Waals surface area contributed by atoms with Gasteiger partial charge in [-0.3, -0.25) is 0 Å². The number of carboxylic acid groups (broad SMARTS) is 1. The Balaban J connectivity index is 4.44.